The highest BCUT2D eigenvalue weighted by molar-refractivity contribution is 7.84. The predicted octanol–water partition coefficient (Wildman–Crippen LogP) is 4.22. The predicted molar refractivity (Wildman–Crippen MR) is 102 cm³/mol. The molecule has 0 amide bonds. The summed E-state index contributed by atoms with van der Waals surface area (Å²) in [6.07, 6.45) is -5.91. The van der Waals surface area contributed by atoms with E-state index in [0.29, 0.717) is 0 Å². The lowest BCUT2D eigenvalue weighted by Crippen LogP contribution is -2.52. The maximum Gasteiger partial charge on any atom is 0.431 e. The van der Waals surface area contributed by atoms with E-state index in [1.165, 1.54) is 39.2 Å². The Labute approximate surface area is 164 Å². The second-order valence-corrected chi connectivity index (χ2v) is 9.67. The first-order valence-electron chi connectivity index (χ1n) is 8.47. The van der Waals surface area contributed by atoms with Crippen LogP contribution in [0.4, 0.5) is 22.0 Å². The van der Waals surface area contributed by atoms with Crippen molar-refractivity contribution < 1.29 is 26.2 Å². The number of hydrogen-bond donors (Lipinski definition) is 1. The van der Waals surface area contributed by atoms with Gasteiger partial charge in [0.25, 0.3) is 0 Å². The third kappa shape index (κ3) is 5.97. The zero-order valence-electron chi connectivity index (χ0n) is 16.7. The van der Waals surface area contributed by atoms with Crippen molar-refractivity contribution in [3.63, 3.8) is 0 Å². The lowest BCUT2D eigenvalue weighted by molar-refractivity contribution is -0.0630. The van der Waals surface area contributed by atoms with Crippen molar-refractivity contribution in [2.75, 3.05) is 20.8 Å². The van der Waals surface area contributed by atoms with Crippen LogP contribution in [0.5, 0.6) is 0 Å². The van der Waals surface area contributed by atoms with Crippen molar-refractivity contribution in [3.8, 4) is 0 Å². The SMILES string of the molecule is Cc1cccc(C(CF)(C/C(=N\N(C)C)C(F)(F)F)N[S@](=O)C(C)(C)C)c1F. The average molecular weight is 427 g/mol. The van der Waals surface area contributed by atoms with Crippen LogP contribution in [0.1, 0.15) is 38.3 Å². The highest BCUT2D eigenvalue weighted by Crippen LogP contribution is 2.35. The van der Waals surface area contributed by atoms with Crippen LogP contribution in [0.15, 0.2) is 23.3 Å². The summed E-state index contributed by atoms with van der Waals surface area (Å²) in [5.41, 5.74) is -3.71. The Morgan fingerprint density at radius 1 is 1.21 bits per heavy atom. The van der Waals surface area contributed by atoms with Crippen molar-refractivity contribution in [1.82, 2.24) is 9.73 Å². The fraction of sp³-hybridized carbons (Fsp3) is 0.611. The number of benzene rings is 1. The van der Waals surface area contributed by atoms with Gasteiger partial charge in [-0.15, -0.1) is 0 Å². The standard InChI is InChI=1S/C18H26F5N3OS/c1-12-8-7-9-13(15(12)20)17(11-19,25-28(27)16(2,3)4)10-14(18(21,22)23)24-26(5)6/h7-9,25H,10-11H2,1-6H3/b24-14+/t17?,28-/m1/s1. The van der Waals surface area contributed by atoms with E-state index in [9.17, 15) is 26.2 Å². The summed E-state index contributed by atoms with van der Waals surface area (Å²) in [5, 5.41) is 4.35. The van der Waals surface area contributed by atoms with Crippen LogP contribution < -0.4 is 4.72 Å². The maximum atomic E-state index is 14.8. The molecule has 0 radical (unpaired) electrons. The van der Waals surface area contributed by atoms with E-state index in [0.717, 1.165) is 5.01 Å². The molecule has 160 valence electrons. The molecule has 2 atom stereocenters. The first-order chi connectivity index (χ1) is 12.6. The van der Waals surface area contributed by atoms with Gasteiger partial charge in [0.15, 0.2) is 0 Å². The normalized spacial score (nSPS) is 16.6. The number of alkyl halides is 4. The molecule has 0 aliphatic heterocycles. The van der Waals surface area contributed by atoms with Gasteiger partial charge in [-0.05, 0) is 33.3 Å². The molecule has 0 bridgehead atoms. The number of hydrogen-bond acceptors (Lipinski definition) is 3. The van der Waals surface area contributed by atoms with Gasteiger partial charge >= 0.3 is 6.18 Å². The molecule has 0 saturated carbocycles. The van der Waals surface area contributed by atoms with E-state index < -0.39 is 52.1 Å². The molecule has 0 aromatic heterocycles. The van der Waals surface area contributed by atoms with Gasteiger partial charge in [-0.25, -0.2) is 17.7 Å². The van der Waals surface area contributed by atoms with Crippen LogP contribution in [-0.4, -0.2) is 46.6 Å². The smallest absolute Gasteiger partial charge is 0.303 e. The molecule has 1 rings (SSSR count). The highest BCUT2D eigenvalue weighted by atomic mass is 32.2. The van der Waals surface area contributed by atoms with Gasteiger partial charge in [-0.2, -0.15) is 18.3 Å². The van der Waals surface area contributed by atoms with E-state index in [1.807, 2.05) is 0 Å². The number of hydrazone groups is 1. The second kappa shape index (κ2) is 8.86. The van der Waals surface area contributed by atoms with Crippen molar-refractivity contribution in [3.05, 3.63) is 35.1 Å². The van der Waals surface area contributed by atoms with Crippen LogP contribution in [0.2, 0.25) is 0 Å². The Hall–Kier alpha value is -1.55. The Morgan fingerprint density at radius 2 is 1.79 bits per heavy atom. The quantitative estimate of drug-likeness (QED) is 0.402. The topological polar surface area (TPSA) is 44.7 Å². The van der Waals surface area contributed by atoms with Gasteiger partial charge in [0, 0.05) is 26.1 Å². The van der Waals surface area contributed by atoms with Crippen molar-refractivity contribution >= 4 is 16.7 Å². The van der Waals surface area contributed by atoms with Crippen LogP contribution in [0.3, 0.4) is 0 Å². The molecule has 1 aromatic carbocycles. The molecule has 1 N–H and O–H groups in total. The van der Waals surface area contributed by atoms with E-state index in [2.05, 4.69) is 9.82 Å². The number of nitrogens with one attached hydrogen (secondary N) is 1. The summed E-state index contributed by atoms with van der Waals surface area (Å²) >= 11 is 0. The van der Waals surface area contributed by atoms with Crippen LogP contribution in [-0.2, 0) is 16.5 Å². The molecular formula is C18H26F5N3OS. The summed E-state index contributed by atoms with van der Waals surface area (Å²) in [7, 11) is 0.607. The first-order valence-corrected chi connectivity index (χ1v) is 9.62. The number of halogens is 5. The highest BCUT2D eigenvalue weighted by Gasteiger charge is 2.46. The van der Waals surface area contributed by atoms with Gasteiger partial charge < -0.3 is 5.01 Å². The average Bonchev–Trinajstić information content (AvgIpc) is 2.53. The molecule has 0 fully saturated rings. The van der Waals surface area contributed by atoms with Gasteiger partial charge in [0.2, 0.25) is 0 Å². The second-order valence-electron chi connectivity index (χ2n) is 7.70. The largest absolute Gasteiger partial charge is 0.431 e. The van der Waals surface area contributed by atoms with Crippen molar-refractivity contribution in [2.24, 2.45) is 5.10 Å². The van der Waals surface area contributed by atoms with Crippen LogP contribution in [0, 0.1) is 12.7 Å². The van der Waals surface area contributed by atoms with Crippen LogP contribution in [0.25, 0.3) is 0 Å². The molecule has 1 unspecified atom stereocenters. The summed E-state index contributed by atoms with van der Waals surface area (Å²) in [5.74, 6) is -0.857. The Balaban J connectivity index is 3.66. The molecule has 1 aromatic rings. The molecular weight excluding hydrogens is 401 g/mol. The first kappa shape index (κ1) is 24.5. The fourth-order valence-electron chi connectivity index (χ4n) is 2.40. The molecule has 10 heteroatoms. The zero-order chi connectivity index (χ0) is 21.9. The minimum atomic E-state index is -4.88. The van der Waals surface area contributed by atoms with Crippen molar-refractivity contribution in [1.29, 1.82) is 0 Å². The lowest BCUT2D eigenvalue weighted by Gasteiger charge is -2.36. The van der Waals surface area contributed by atoms with Crippen LogP contribution >= 0.6 is 0 Å². The summed E-state index contributed by atoms with van der Waals surface area (Å²) < 4.78 is 83.9. The molecule has 0 aliphatic carbocycles. The molecule has 0 aliphatic rings. The summed E-state index contributed by atoms with van der Waals surface area (Å²) in [4.78, 5) is 0. The Bertz CT molecular complexity index is 744. The number of rotatable bonds is 7. The van der Waals surface area contributed by atoms with Crippen molar-refractivity contribution in [2.45, 2.75) is 50.6 Å². The van der Waals surface area contributed by atoms with E-state index in [1.54, 1.807) is 20.8 Å². The van der Waals surface area contributed by atoms with E-state index >= 15 is 0 Å². The molecule has 4 nitrogen and oxygen atoms in total. The third-order valence-electron chi connectivity index (χ3n) is 3.90. The lowest BCUT2D eigenvalue weighted by atomic mass is 9.85. The third-order valence-corrected chi connectivity index (χ3v) is 5.59. The van der Waals surface area contributed by atoms with Gasteiger partial charge in [0.05, 0.1) is 21.3 Å². The Kier molecular flexibility index (Phi) is 7.74. The summed E-state index contributed by atoms with van der Waals surface area (Å²) in [6.45, 7) is 4.72. The van der Waals surface area contributed by atoms with Gasteiger partial charge in [-0.3, -0.25) is 0 Å². The van der Waals surface area contributed by atoms with E-state index in [-0.39, 0.29) is 11.1 Å². The van der Waals surface area contributed by atoms with Gasteiger partial charge in [0.1, 0.15) is 18.2 Å². The molecule has 0 heterocycles. The number of nitrogens with zero attached hydrogens (tertiary/aromatic N) is 2. The molecule has 0 spiro atoms. The minimum absolute atomic E-state index is 0.136. The fourth-order valence-corrected chi connectivity index (χ4v) is 3.30. The minimum Gasteiger partial charge on any atom is -0.303 e. The monoisotopic (exact) mass is 427 g/mol. The Morgan fingerprint density at radius 3 is 2.21 bits per heavy atom. The van der Waals surface area contributed by atoms with Gasteiger partial charge in [-0.1, -0.05) is 18.2 Å². The zero-order valence-corrected chi connectivity index (χ0v) is 17.6. The van der Waals surface area contributed by atoms with E-state index in [4.69, 9.17) is 0 Å². The summed E-state index contributed by atoms with van der Waals surface area (Å²) in [6, 6.07) is 4.02. The molecule has 28 heavy (non-hydrogen) atoms. The number of aryl methyl sites for hydroxylation is 1. The maximum absolute atomic E-state index is 14.8. The molecule has 0 saturated heterocycles.